The van der Waals surface area contributed by atoms with Crippen molar-refractivity contribution in [2.45, 2.75) is 46.1 Å². The summed E-state index contributed by atoms with van der Waals surface area (Å²) in [5, 5.41) is 3.34. The van der Waals surface area contributed by atoms with E-state index >= 15 is 0 Å². The fourth-order valence-corrected chi connectivity index (χ4v) is 2.10. The van der Waals surface area contributed by atoms with Gasteiger partial charge in [-0.1, -0.05) is 33.3 Å². The smallest absolute Gasteiger partial charge is 0.129 e. The van der Waals surface area contributed by atoms with Gasteiger partial charge in [-0.2, -0.15) is 0 Å². The maximum absolute atomic E-state index is 13.6. The molecule has 1 N–H and O–H groups in total. The third-order valence-corrected chi connectivity index (χ3v) is 3.07. The highest BCUT2D eigenvalue weighted by Crippen LogP contribution is 2.19. The number of halogens is 2. The summed E-state index contributed by atoms with van der Waals surface area (Å²) in [6, 6.07) is 4.47. The van der Waals surface area contributed by atoms with Crippen LogP contribution in [0.3, 0.4) is 0 Å². The van der Waals surface area contributed by atoms with Crippen LogP contribution >= 0.6 is 0 Å². The summed E-state index contributed by atoms with van der Waals surface area (Å²) in [5.74, 6) is -0.579. The first kappa shape index (κ1) is 15.1. The lowest BCUT2D eigenvalue weighted by Gasteiger charge is -2.19. The molecule has 1 rings (SSSR count). The van der Waals surface area contributed by atoms with Crippen LogP contribution in [0.4, 0.5) is 8.78 Å². The molecule has 0 amide bonds. The van der Waals surface area contributed by atoms with E-state index in [0.717, 1.165) is 19.4 Å². The molecule has 0 saturated carbocycles. The molecule has 1 atom stereocenters. The molecule has 102 valence electrons. The molecule has 1 aromatic carbocycles. The van der Waals surface area contributed by atoms with E-state index in [9.17, 15) is 8.78 Å². The van der Waals surface area contributed by atoms with Crippen molar-refractivity contribution >= 4 is 0 Å². The predicted octanol–water partition coefficient (Wildman–Crippen LogP) is 3.92. The number of hydrogen-bond donors (Lipinski definition) is 1. The Morgan fingerprint density at radius 2 is 1.78 bits per heavy atom. The van der Waals surface area contributed by atoms with Gasteiger partial charge in [-0.15, -0.1) is 0 Å². The summed E-state index contributed by atoms with van der Waals surface area (Å²) in [5.41, 5.74) is 0.224. The summed E-state index contributed by atoms with van der Waals surface area (Å²) in [7, 11) is 0. The first-order valence-corrected chi connectivity index (χ1v) is 6.70. The van der Waals surface area contributed by atoms with Gasteiger partial charge in [0, 0.05) is 11.6 Å². The summed E-state index contributed by atoms with van der Waals surface area (Å²) in [6.07, 6.45) is 2.47. The van der Waals surface area contributed by atoms with E-state index in [1.807, 2.05) is 0 Å². The van der Waals surface area contributed by atoms with Crippen LogP contribution in [0.2, 0.25) is 0 Å². The van der Waals surface area contributed by atoms with Crippen molar-refractivity contribution in [3.05, 3.63) is 35.4 Å². The van der Waals surface area contributed by atoms with E-state index in [1.54, 1.807) is 0 Å². The van der Waals surface area contributed by atoms with E-state index in [0.29, 0.717) is 12.5 Å². The molecule has 0 heterocycles. The third-order valence-electron chi connectivity index (χ3n) is 3.07. The molecule has 18 heavy (non-hydrogen) atoms. The first-order valence-electron chi connectivity index (χ1n) is 6.70. The second-order valence-corrected chi connectivity index (χ2v) is 5.12. The average molecular weight is 255 g/mol. The Bertz CT molecular complexity index is 343. The van der Waals surface area contributed by atoms with Gasteiger partial charge in [-0.25, -0.2) is 8.78 Å². The fourth-order valence-electron chi connectivity index (χ4n) is 2.10. The third kappa shape index (κ3) is 4.73. The second-order valence-electron chi connectivity index (χ2n) is 5.12. The van der Waals surface area contributed by atoms with Crippen molar-refractivity contribution in [3.63, 3.8) is 0 Å². The standard InChI is InChI=1S/C15H23F2N/c1-4-6-12(10-18-11(2)3)9-13-14(16)7-5-8-15(13)17/h5,7-8,11-12,18H,4,6,9-10H2,1-3H3. The maximum Gasteiger partial charge on any atom is 0.129 e. The zero-order chi connectivity index (χ0) is 13.5. The molecule has 0 aliphatic heterocycles. The quantitative estimate of drug-likeness (QED) is 0.778. The number of rotatable bonds is 7. The molecule has 0 aromatic heterocycles. The minimum absolute atomic E-state index is 0.224. The summed E-state index contributed by atoms with van der Waals surface area (Å²) < 4.78 is 27.2. The van der Waals surface area contributed by atoms with E-state index in [1.165, 1.54) is 18.2 Å². The van der Waals surface area contributed by atoms with Gasteiger partial charge in [0.1, 0.15) is 11.6 Å². The lowest BCUT2D eigenvalue weighted by atomic mass is 9.94. The fraction of sp³-hybridized carbons (Fsp3) is 0.600. The van der Waals surface area contributed by atoms with E-state index in [-0.39, 0.29) is 11.5 Å². The lowest BCUT2D eigenvalue weighted by molar-refractivity contribution is 0.405. The normalized spacial score (nSPS) is 13.0. The molecule has 3 heteroatoms. The van der Waals surface area contributed by atoms with Crippen LogP contribution in [0, 0.1) is 17.6 Å². The van der Waals surface area contributed by atoms with E-state index in [2.05, 4.69) is 26.1 Å². The van der Waals surface area contributed by atoms with Crippen LogP contribution in [0.1, 0.15) is 39.2 Å². The molecule has 1 aromatic rings. The van der Waals surface area contributed by atoms with Crippen LogP contribution < -0.4 is 5.32 Å². The van der Waals surface area contributed by atoms with Crippen LogP contribution in [-0.4, -0.2) is 12.6 Å². The van der Waals surface area contributed by atoms with Gasteiger partial charge in [0.05, 0.1) is 0 Å². The minimum Gasteiger partial charge on any atom is -0.314 e. The molecule has 0 radical (unpaired) electrons. The molecule has 0 spiro atoms. The molecule has 1 unspecified atom stereocenters. The molecule has 0 aliphatic carbocycles. The zero-order valence-corrected chi connectivity index (χ0v) is 11.5. The van der Waals surface area contributed by atoms with Crippen molar-refractivity contribution in [1.82, 2.24) is 5.32 Å². The highest BCUT2D eigenvalue weighted by atomic mass is 19.1. The highest BCUT2D eigenvalue weighted by molar-refractivity contribution is 5.20. The average Bonchev–Trinajstić information content (AvgIpc) is 2.30. The molecule has 1 nitrogen and oxygen atoms in total. The van der Waals surface area contributed by atoms with Crippen molar-refractivity contribution in [1.29, 1.82) is 0 Å². The number of benzene rings is 1. The van der Waals surface area contributed by atoms with E-state index < -0.39 is 11.6 Å². The van der Waals surface area contributed by atoms with Gasteiger partial charge in [0.2, 0.25) is 0 Å². The minimum atomic E-state index is -0.430. The van der Waals surface area contributed by atoms with Crippen molar-refractivity contribution < 1.29 is 8.78 Å². The van der Waals surface area contributed by atoms with Gasteiger partial charge in [0.25, 0.3) is 0 Å². The van der Waals surface area contributed by atoms with Crippen LogP contribution in [0.15, 0.2) is 18.2 Å². The van der Waals surface area contributed by atoms with Crippen molar-refractivity contribution in [2.75, 3.05) is 6.54 Å². The SMILES string of the molecule is CCCC(CNC(C)C)Cc1c(F)cccc1F. The number of nitrogens with one attached hydrogen (secondary N) is 1. The van der Waals surface area contributed by atoms with Gasteiger partial charge < -0.3 is 5.32 Å². The zero-order valence-electron chi connectivity index (χ0n) is 11.5. The molecule has 0 aliphatic rings. The molecule has 0 fully saturated rings. The summed E-state index contributed by atoms with van der Waals surface area (Å²) in [4.78, 5) is 0. The largest absolute Gasteiger partial charge is 0.314 e. The Labute approximate surface area is 109 Å². The Hall–Kier alpha value is -0.960. The molecule has 0 saturated heterocycles. The molecular weight excluding hydrogens is 232 g/mol. The highest BCUT2D eigenvalue weighted by Gasteiger charge is 2.15. The van der Waals surface area contributed by atoms with Crippen molar-refractivity contribution in [3.8, 4) is 0 Å². The predicted molar refractivity (Wildman–Crippen MR) is 71.6 cm³/mol. The topological polar surface area (TPSA) is 12.0 Å². The van der Waals surface area contributed by atoms with Gasteiger partial charge in [0.15, 0.2) is 0 Å². The summed E-state index contributed by atoms with van der Waals surface area (Å²) >= 11 is 0. The van der Waals surface area contributed by atoms with Crippen LogP contribution in [-0.2, 0) is 6.42 Å². The Morgan fingerprint density at radius 3 is 2.28 bits per heavy atom. The monoisotopic (exact) mass is 255 g/mol. The Kier molecular flexibility index (Phi) is 6.27. The first-order chi connectivity index (χ1) is 8.54. The number of hydrogen-bond acceptors (Lipinski definition) is 1. The maximum atomic E-state index is 13.6. The Morgan fingerprint density at radius 1 is 1.17 bits per heavy atom. The van der Waals surface area contributed by atoms with E-state index in [4.69, 9.17) is 0 Å². The molecular formula is C15H23F2N. The van der Waals surface area contributed by atoms with Gasteiger partial charge in [-0.3, -0.25) is 0 Å². The van der Waals surface area contributed by atoms with Crippen LogP contribution in [0.25, 0.3) is 0 Å². The van der Waals surface area contributed by atoms with Gasteiger partial charge >= 0.3 is 0 Å². The lowest BCUT2D eigenvalue weighted by Crippen LogP contribution is -2.30. The molecule has 0 bridgehead atoms. The van der Waals surface area contributed by atoms with Crippen molar-refractivity contribution in [2.24, 2.45) is 5.92 Å². The van der Waals surface area contributed by atoms with Crippen LogP contribution in [0.5, 0.6) is 0 Å². The van der Waals surface area contributed by atoms with Gasteiger partial charge in [-0.05, 0) is 37.4 Å². The Balaban J connectivity index is 2.70. The summed E-state index contributed by atoms with van der Waals surface area (Å²) in [6.45, 7) is 7.05. The second kappa shape index (κ2) is 7.47.